The van der Waals surface area contributed by atoms with Gasteiger partial charge in [-0.05, 0) is 12.8 Å². The molecule has 0 aliphatic carbocycles. The lowest BCUT2D eigenvalue weighted by molar-refractivity contribution is 0.151. The number of anilines is 1. The number of hydrogen-bond donors (Lipinski definition) is 2. The molecule has 0 aromatic carbocycles. The lowest BCUT2D eigenvalue weighted by Gasteiger charge is -2.15. The molecule has 0 saturated carbocycles. The highest BCUT2D eigenvalue weighted by Crippen LogP contribution is 2.28. The molecule has 2 heterocycles. The predicted molar refractivity (Wildman–Crippen MR) is 70.1 cm³/mol. The molecule has 1 aromatic rings. The van der Waals surface area contributed by atoms with Gasteiger partial charge in [-0.2, -0.15) is 5.10 Å². The Morgan fingerprint density at radius 2 is 2.26 bits per heavy atom. The topological polar surface area (TPSA) is 93.6 Å². The molecule has 1 aromatic heterocycles. The molecule has 7 heteroatoms. The molecule has 19 heavy (non-hydrogen) atoms. The van der Waals surface area contributed by atoms with Crippen molar-refractivity contribution >= 4 is 11.9 Å². The SMILES string of the molecule is Cc1nn(C)c(N)c1OCC1CN(C(=O)O)CC1C. The van der Waals surface area contributed by atoms with Gasteiger partial charge < -0.3 is 20.5 Å². The molecule has 0 radical (unpaired) electrons. The van der Waals surface area contributed by atoms with E-state index in [-0.39, 0.29) is 11.8 Å². The van der Waals surface area contributed by atoms with E-state index in [1.165, 1.54) is 4.90 Å². The van der Waals surface area contributed by atoms with Crippen molar-refractivity contribution in [1.29, 1.82) is 0 Å². The van der Waals surface area contributed by atoms with Gasteiger partial charge >= 0.3 is 6.09 Å². The number of nitrogens with two attached hydrogens (primary N) is 1. The van der Waals surface area contributed by atoms with Crippen LogP contribution in [0.5, 0.6) is 5.75 Å². The maximum Gasteiger partial charge on any atom is 0.407 e. The summed E-state index contributed by atoms with van der Waals surface area (Å²) in [5.41, 5.74) is 6.62. The Bertz CT molecular complexity index is 486. The summed E-state index contributed by atoms with van der Waals surface area (Å²) in [7, 11) is 1.76. The fraction of sp³-hybridized carbons (Fsp3) is 0.667. The van der Waals surface area contributed by atoms with Gasteiger partial charge in [0.05, 0.1) is 6.61 Å². The van der Waals surface area contributed by atoms with Crippen LogP contribution in [0.4, 0.5) is 10.6 Å². The highest BCUT2D eigenvalue weighted by atomic mass is 16.5. The van der Waals surface area contributed by atoms with Crippen LogP contribution in [0.2, 0.25) is 0 Å². The van der Waals surface area contributed by atoms with Crippen LogP contribution in [-0.4, -0.2) is 45.6 Å². The van der Waals surface area contributed by atoms with Gasteiger partial charge in [0.25, 0.3) is 0 Å². The van der Waals surface area contributed by atoms with Gasteiger partial charge in [-0.3, -0.25) is 0 Å². The number of carbonyl (C=O) groups is 1. The number of ether oxygens (including phenoxy) is 1. The number of rotatable bonds is 3. The Morgan fingerprint density at radius 3 is 2.74 bits per heavy atom. The second-order valence-corrected chi connectivity index (χ2v) is 5.16. The predicted octanol–water partition coefficient (Wildman–Crippen LogP) is 0.935. The number of nitrogens with zero attached hydrogens (tertiary/aromatic N) is 3. The van der Waals surface area contributed by atoms with Crippen LogP contribution in [0.25, 0.3) is 0 Å². The van der Waals surface area contributed by atoms with E-state index in [4.69, 9.17) is 15.6 Å². The molecular weight excluding hydrogens is 248 g/mol. The summed E-state index contributed by atoms with van der Waals surface area (Å²) >= 11 is 0. The Hall–Kier alpha value is -1.92. The van der Waals surface area contributed by atoms with Crippen molar-refractivity contribution in [2.45, 2.75) is 13.8 Å². The number of hydrogen-bond acceptors (Lipinski definition) is 4. The smallest absolute Gasteiger partial charge is 0.407 e. The highest BCUT2D eigenvalue weighted by molar-refractivity contribution is 5.65. The molecule has 106 valence electrons. The number of amides is 1. The lowest BCUT2D eigenvalue weighted by atomic mass is 9.99. The van der Waals surface area contributed by atoms with Crippen LogP contribution in [0, 0.1) is 18.8 Å². The first kappa shape index (κ1) is 13.5. The summed E-state index contributed by atoms with van der Waals surface area (Å²) in [5, 5.41) is 13.2. The van der Waals surface area contributed by atoms with Crippen LogP contribution >= 0.6 is 0 Å². The van der Waals surface area contributed by atoms with Gasteiger partial charge in [0.15, 0.2) is 11.6 Å². The summed E-state index contributed by atoms with van der Waals surface area (Å²) in [5.74, 6) is 1.58. The minimum atomic E-state index is -0.869. The molecule has 7 nitrogen and oxygen atoms in total. The van der Waals surface area contributed by atoms with Crippen LogP contribution in [0.3, 0.4) is 0 Å². The van der Waals surface area contributed by atoms with Crippen molar-refractivity contribution in [3.8, 4) is 5.75 Å². The van der Waals surface area contributed by atoms with Gasteiger partial charge in [-0.1, -0.05) is 6.92 Å². The molecular formula is C12H20N4O3. The number of aromatic nitrogens is 2. The molecule has 2 unspecified atom stereocenters. The van der Waals surface area contributed by atoms with E-state index in [1.54, 1.807) is 11.7 Å². The standard InChI is InChI=1S/C12H20N4O3/c1-7-4-16(12(17)18)5-9(7)6-19-10-8(2)14-15(3)11(10)13/h7,9H,4-6,13H2,1-3H3,(H,17,18). The molecule has 2 atom stereocenters. The molecule has 1 saturated heterocycles. The summed E-state index contributed by atoms with van der Waals surface area (Å²) in [4.78, 5) is 12.4. The fourth-order valence-electron chi connectivity index (χ4n) is 2.43. The molecule has 1 amide bonds. The first-order valence-corrected chi connectivity index (χ1v) is 6.30. The Kier molecular flexibility index (Phi) is 3.55. The van der Waals surface area contributed by atoms with Crippen molar-refractivity contribution < 1.29 is 14.6 Å². The summed E-state index contributed by atoms with van der Waals surface area (Å²) in [6, 6.07) is 0. The summed E-state index contributed by atoms with van der Waals surface area (Å²) in [6.07, 6.45) is -0.869. The summed E-state index contributed by atoms with van der Waals surface area (Å²) in [6.45, 7) is 5.41. The summed E-state index contributed by atoms with van der Waals surface area (Å²) < 4.78 is 7.32. The molecule has 0 spiro atoms. The largest absolute Gasteiger partial charge is 0.487 e. The van der Waals surface area contributed by atoms with Gasteiger partial charge in [0, 0.05) is 26.1 Å². The third-order valence-corrected chi connectivity index (χ3v) is 3.69. The van der Waals surface area contributed by atoms with Crippen LogP contribution in [0.1, 0.15) is 12.6 Å². The van der Waals surface area contributed by atoms with Crippen molar-refractivity contribution in [1.82, 2.24) is 14.7 Å². The van der Waals surface area contributed by atoms with Crippen LogP contribution < -0.4 is 10.5 Å². The lowest BCUT2D eigenvalue weighted by Crippen LogP contribution is -2.27. The maximum absolute atomic E-state index is 10.9. The monoisotopic (exact) mass is 268 g/mol. The Balaban J connectivity index is 1.98. The Labute approximate surface area is 111 Å². The van der Waals surface area contributed by atoms with Gasteiger partial charge in [-0.25, -0.2) is 9.48 Å². The van der Waals surface area contributed by atoms with E-state index < -0.39 is 6.09 Å². The van der Waals surface area contributed by atoms with E-state index >= 15 is 0 Å². The molecule has 0 bridgehead atoms. The fourth-order valence-corrected chi connectivity index (χ4v) is 2.43. The third-order valence-electron chi connectivity index (χ3n) is 3.69. The number of aryl methyl sites for hydroxylation is 2. The van der Waals surface area contributed by atoms with Gasteiger partial charge in [-0.15, -0.1) is 0 Å². The number of likely N-dealkylation sites (tertiary alicyclic amines) is 1. The van der Waals surface area contributed by atoms with Crippen molar-refractivity contribution in [2.24, 2.45) is 18.9 Å². The average molecular weight is 268 g/mol. The molecule has 3 N–H and O–H groups in total. The molecule has 1 fully saturated rings. The average Bonchev–Trinajstić information content (AvgIpc) is 2.80. The third kappa shape index (κ3) is 2.59. The molecule has 2 rings (SSSR count). The quantitative estimate of drug-likeness (QED) is 0.850. The van der Waals surface area contributed by atoms with Crippen molar-refractivity contribution in [3.63, 3.8) is 0 Å². The normalized spacial score (nSPS) is 22.8. The zero-order chi connectivity index (χ0) is 14.2. The van der Waals surface area contributed by atoms with E-state index in [0.717, 1.165) is 5.69 Å². The van der Waals surface area contributed by atoms with Gasteiger partial charge in [0.1, 0.15) is 5.69 Å². The molecule has 1 aliphatic heterocycles. The number of carboxylic acid groups (broad SMARTS) is 1. The van der Waals surface area contributed by atoms with Gasteiger partial charge in [0.2, 0.25) is 0 Å². The van der Waals surface area contributed by atoms with E-state index in [9.17, 15) is 4.79 Å². The maximum atomic E-state index is 10.9. The van der Waals surface area contributed by atoms with E-state index in [0.29, 0.717) is 31.3 Å². The first-order chi connectivity index (χ1) is 8.90. The second-order valence-electron chi connectivity index (χ2n) is 5.16. The van der Waals surface area contributed by atoms with Crippen LogP contribution in [0.15, 0.2) is 0 Å². The Morgan fingerprint density at radius 1 is 1.58 bits per heavy atom. The van der Waals surface area contributed by atoms with Crippen molar-refractivity contribution in [3.05, 3.63) is 5.69 Å². The zero-order valence-corrected chi connectivity index (χ0v) is 11.5. The minimum Gasteiger partial charge on any atom is -0.487 e. The van der Waals surface area contributed by atoms with E-state index in [2.05, 4.69) is 5.10 Å². The van der Waals surface area contributed by atoms with E-state index in [1.807, 2.05) is 13.8 Å². The molecule has 1 aliphatic rings. The second kappa shape index (κ2) is 4.99. The van der Waals surface area contributed by atoms with Crippen molar-refractivity contribution in [2.75, 3.05) is 25.4 Å². The number of nitrogen functional groups attached to an aromatic ring is 1. The zero-order valence-electron chi connectivity index (χ0n) is 11.5. The minimum absolute atomic E-state index is 0.190. The highest BCUT2D eigenvalue weighted by Gasteiger charge is 2.33. The first-order valence-electron chi connectivity index (χ1n) is 6.30. The van der Waals surface area contributed by atoms with Crippen LogP contribution in [-0.2, 0) is 7.05 Å².